The maximum atomic E-state index is 12.9. The first kappa shape index (κ1) is 19.9. The number of amides is 2. The maximum absolute atomic E-state index is 12.9. The van der Waals surface area contributed by atoms with Gasteiger partial charge in [-0.3, -0.25) is 9.59 Å². The van der Waals surface area contributed by atoms with Crippen LogP contribution in [0.25, 0.3) is 0 Å². The van der Waals surface area contributed by atoms with Crippen molar-refractivity contribution in [3.8, 4) is 11.5 Å². The Balaban J connectivity index is 1.53. The van der Waals surface area contributed by atoms with Crippen molar-refractivity contribution in [2.24, 2.45) is 0 Å². The highest BCUT2D eigenvalue weighted by Gasteiger charge is 2.26. The Hall–Kier alpha value is -2.44. The molecule has 0 atom stereocenters. The number of hydrogen-bond acceptors (Lipinski definition) is 4. The van der Waals surface area contributed by atoms with Crippen molar-refractivity contribution in [2.75, 3.05) is 24.7 Å². The molecule has 0 aliphatic carbocycles. The number of nitrogens with one attached hydrogen (secondary N) is 1. The number of anilines is 1. The Morgan fingerprint density at radius 1 is 1.10 bits per heavy atom. The van der Waals surface area contributed by atoms with Crippen molar-refractivity contribution >= 4 is 40.7 Å². The van der Waals surface area contributed by atoms with Gasteiger partial charge in [0.1, 0.15) is 0 Å². The summed E-state index contributed by atoms with van der Waals surface area (Å²) in [6.45, 7) is 1.94. The van der Waals surface area contributed by atoms with Crippen LogP contribution in [0.5, 0.6) is 11.5 Å². The molecular weight excluding hydrogens is 415 g/mol. The van der Waals surface area contributed by atoms with Crippen LogP contribution in [-0.2, 0) is 11.3 Å². The summed E-state index contributed by atoms with van der Waals surface area (Å²) in [5.41, 5.74) is 1.74. The summed E-state index contributed by atoms with van der Waals surface area (Å²) in [6, 6.07) is 8.51. The number of nitrogens with zero attached hydrogens (tertiary/aromatic N) is 1. The Bertz CT molecular complexity index is 964. The monoisotopic (exact) mass is 434 g/mol. The second-order valence-electron chi connectivity index (χ2n) is 6.95. The van der Waals surface area contributed by atoms with Gasteiger partial charge in [0.05, 0.1) is 29.5 Å². The zero-order valence-corrected chi connectivity index (χ0v) is 17.2. The number of benzene rings is 2. The lowest BCUT2D eigenvalue weighted by molar-refractivity contribution is -0.117. The van der Waals surface area contributed by atoms with E-state index in [9.17, 15) is 9.59 Å². The van der Waals surface area contributed by atoms with Gasteiger partial charge in [-0.1, -0.05) is 23.2 Å². The molecule has 2 aliphatic rings. The third-order valence-corrected chi connectivity index (χ3v) is 5.40. The SMILES string of the molecule is O=C(NCc1cc(Cl)c2c(c1)OCCCO2)c1ccc(Cl)cc1N1CCCC1=O. The van der Waals surface area contributed by atoms with E-state index in [0.29, 0.717) is 59.0 Å². The molecule has 0 radical (unpaired) electrons. The van der Waals surface area contributed by atoms with Crippen LogP contribution in [0.15, 0.2) is 30.3 Å². The molecule has 0 bridgehead atoms. The second kappa shape index (κ2) is 8.51. The van der Waals surface area contributed by atoms with Gasteiger partial charge >= 0.3 is 0 Å². The highest BCUT2D eigenvalue weighted by Crippen LogP contribution is 2.38. The van der Waals surface area contributed by atoms with E-state index in [0.717, 1.165) is 18.4 Å². The molecule has 2 aliphatic heterocycles. The molecule has 0 unspecified atom stereocenters. The first-order valence-electron chi connectivity index (χ1n) is 9.49. The zero-order valence-electron chi connectivity index (χ0n) is 15.7. The Kier molecular flexibility index (Phi) is 5.83. The van der Waals surface area contributed by atoms with Crippen LogP contribution in [0.2, 0.25) is 10.0 Å². The van der Waals surface area contributed by atoms with Crippen LogP contribution in [0, 0.1) is 0 Å². The summed E-state index contributed by atoms with van der Waals surface area (Å²) in [7, 11) is 0. The lowest BCUT2D eigenvalue weighted by Crippen LogP contribution is -2.29. The summed E-state index contributed by atoms with van der Waals surface area (Å²) >= 11 is 12.4. The summed E-state index contributed by atoms with van der Waals surface area (Å²) < 4.78 is 11.3. The first-order valence-corrected chi connectivity index (χ1v) is 10.2. The molecule has 0 saturated carbocycles. The zero-order chi connectivity index (χ0) is 20.4. The fourth-order valence-corrected chi connectivity index (χ4v) is 3.94. The molecular formula is C21H20Cl2N2O4. The predicted molar refractivity (Wildman–Crippen MR) is 111 cm³/mol. The number of ether oxygens (including phenoxy) is 2. The van der Waals surface area contributed by atoms with Gasteiger partial charge in [-0.2, -0.15) is 0 Å². The first-order chi connectivity index (χ1) is 14.0. The normalized spacial score (nSPS) is 15.9. The van der Waals surface area contributed by atoms with Crippen LogP contribution in [0.3, 0.4) is 0 Å². The highest BCUT2D eigenvalue weighted by atomic mass is 35.5. The van der Waals surface area contributed by atoms with E-state index in [-0.39, 0.29) is 18.4 Å². The molecule has 152 valence electrons. The third kappa shape index (κ3) is 4.28. The molecule has 2 heterocycles. The van der Waals surface area contributed by atoms with E-state index in [2.05, 4.69) is 5.32 Å². The summed E-state index contributed by atoms with van der Waals surface area (Å²) in [6.07, 6.45) is 2.02. The van der Waals surface area contributed by atoms with Crippen LogP contribution < -0.4 is 19.7 Å². The Morgan fingerprint density at radius 2 is 1.93 bits per heavy atom. The molecule has 0 spiro atoms. The van der Waals surface area contributed by atoms with Gasteiger partial charge in [-0.05, 0) is 42.3 Å². The lowest BCUT2D eigenvalue weighted by Gasteiger charge is -2.20. The topological polar surface area (TPSA) is 67.9 Å². The highest BCUT2D eigenvalue weighted by molar-refractivity contribution is 6.32. The minimum atomic E-state index is -0.292. The van der Waals surface area contributed by atoms with Gasteiger partial charge in [0.15, 0.2) is 11.5 Å². The molecule has 2 aromatic carbocycles. The number of rotatable bonds is 4. The van der Waals surface area contributed by atoms with Gasteiger partial charge in [-0.25, -0.2) is 0 Å². The van der Waals surface area contributed by atoms with E-state index in [1.807, 2.05) is 6.07 Å². The maximum Gasteiger partial charge on any atom is 0.253 e. The summed E-state index contributed by atoms with van der Waals surface area (Å²) in [5.74, 6) is 0.816. The van der Waals surface area contributed by atoms with Gasteiger partial charge < -0.3 is 19.7 Å². The number of halogens is 2. The van der Waals surface area contributed by atoms with Crippen molar-refractivity contribution < 1.29 is 19.1 Å². The molecule has 4 rings (SSSR count). The molecule has 29 heavy (non-hydrogen) atoms. The molecule has 1 N–H and O–H groups in total. The third-order valence-electron chi connectivity index (χ3n) is 4.88. The smallest absolute Gasteiger partial charge is 0.253 e. The number of hydrogen-bond donors (Lipinski definition) is 1. The second-order valence-corrected chi connectivity index (χ2v) is 7.79. The summed E-state index contributed by atoms with van der Waals surface area (Å²) in [4.78, 5) is 26.6. The van der Waals surface area contributed by atoms with Gasteiger partial charge in [-0.15, -0.1) is 0 Å². The minimum Gasteiger partial charge on any atom is -0.489 e. The molecule has 8 heteroatoms. The Labute approximate surface area is 178 Å². The average Bonchev–Trinajstić information content (AvgIpc) is 2.98. The van der Waals surface area contributed by atoms with Gasteiger partial charge in [0.25, 0.3) is 5.91 Å². The van der Waals surface area contributed by atoms with E-state index < -0.39 is 0 Å². The van der Waals surface area contributed by atoms with Gasteiger partial charge in [0, 0.05) is 31.0 Å². The quantitative estimate of drug-likeness (QED) is 0.782. The largest absolute Gasteiger partial charge is 0.489 e. The fraction of sp³-hybridized carbons (Fsp3) is 0.333. The number of carbonyl (C=O) groups is 2. The molecule has 0 aromatic heterocycles. The van der Waals surface area contributed by atoms with E-state index in [1.54, 1.807) is 29.2 Å². The predicted octanol–water partition coefficient (Wildman–Crippen LogP) is 4.21. The lowest BCUT2D eigenvalue weighted by atomic mass is 10.1. The molecule has 1 saturated heterocycles. The van der Waals surface area contributed by atoms with Gasteiger partial charge in [0.2, 0.25) is 5.91 Å². The molecule has 1 fully saturated rings. The minimum absolute atomic E-state index is 0.00370. The van der Waals surface area contributed by atoms with E-state index in [4.69, 9.17) is 32.7 Å². The van der Waals surface area contributed by atoms with Crippen molar-refractivity contribution in [3.63, 3.8) is 0 Å². The van der Waals surface area contributed by atoms with Crippen molar-refractivity contribution in [1.29, 1.82) is 0 Å². The van der Waals surface area contributed by atoms with E-state index in [1.165, 1.54) is 0 Å². The van der Waals surface area contributed by atoms with Crippen LogP contribution in [0.1, 0.15) is 35.2 Å². The van der Waals surface area contributed by atoms with Crippen LogP contribution >= 0.6 is 23.2 Å². The average molecular weight is 435 g/mol. The standard InChI is InChI=1S/C21H20Cl2N2O4/c22-14-4-5-15(17(11-14)25-6-1-3-19(25)26)21(27)24-12-13-9-16(23)20-18(10-13)28-7-2-8-29-20/h4-5,9-11H,1-3,6-8,12H2,(H,24,27). The number of carbonyl (C=O) groups excluding carboxylic acids is 2. The van der Waals surface area contributed by atoms with Crippen molar-refractivity contribution in [1.82, 2.24) is 5.32 Å². The summed E-state index contributed by atoms with van der Waals surface area (Å²) in [5, 5.41) is 3.81. The van der Waals surface area contributed by atoms with Crippen molar-refractivity contribution in [2.45, 2.75) is 25.8 Å². The number of fused-ring (bicyclic) bond motifs is 1. The van der Waals surface area contributed by atoms with Crippen LogP contribution in [0.4, 0.5) is 5.69 Å². The van der Waals surface area contributed by atoms with Crippen LogP contribution in [-0.4, -0.2) is 31.6 Å². The fourth-order valence-electron chi connectivity index (χ4n) is 3.49. The Morgan fingerprint density at radius 3 is 2.72 bits per heavy atom. The van der Waals surface area contributed by atoms with E-state index >= 15 is 0 Å². The molecule has 2 amide bonds. The molecule has 2 aromatic rings. The molecule has 6 nitrogen and oxygen atoms in total. The van der Waals surface area contributed by atoms with Crippen molar-refractivity contribution in [3.05, 3.63) is 51.5 Å².